The largest absolute Gasteiger partial charge is 0.350 e. The minimum atomic E-state index is -0.984. The number of imidazole rings is 1. The van der Waals surface area contributed by atoms with Gasteiger partial charge in [0.2, 0.25) is 0 Å². The number of amides is 2. The molecule has 1 aliphatic heterocycles. The highest BCUT2D eigenvalue weighted by molar-refractivity contribution is 5.73. The lowest BCUT2D eigenvalue weighted by Gasteiger charge is -2.36. The van der Waals surface area contributed by atoms with Gasteiger partial charge in [0.25, 0.3) is 0 Å². The van der Waals surface area contributed by atoms with Crippen LogP contribution in [0.1, 0.15) is 28.8 Å². The van der Waals surface area contributed by atoms with Crippen LogP contribution in [0.4, 0.5) is 9.18 Å². The number of hydroxylamine groups is 2. The molecule has 1 saturated heterocycles. The molecule has 158 valence electrons. The number of fused-ring (bicyclic) bond motifs is 1. The molecule has 2 aromatic heterocycles. The second-order valence-corrected chi connectivity index (χ2v) is 7.32. The Kier molecular flexibility index (Phi) is 4.81. The Morgan fingerprint density at radius 3 is 2.75 bits per heavy atom. The summed E-state index contributed by atoms with van der Waals surface area (Å²) in [6, 6.07) is 16.9. The van der Waals surface area contributed by atoms with Crippen LogP contribution in [0.25, 0.3) is 5.65 Å². The molecular weight excluding hydrogens is 409 g/mol. The highest BCUT2D eigenvalue weighted by atomic mass is 19.1. The van der Waals surface area contributed by atoms with E-state index >= 15 is 0 Å². The first-order chi connectivity index (χ1) is 15.6. The normalized spacial score (nSPS) is 17.8. The van der Waals surface area contributed by atoms with E-state index in [0.717, 1.165) is 5.56 Å². The van der Waals surface area contributed by atoms with Crippen LogP contribution in [0.2, 0.25) is 0 Å². The van der Waals surface area contributed by atoms with Crippen molar-refractivity contribution in [2.45, 2.75) is 12.0 Å². The van der Waals surface area contributed by atoms with Gasteiger partial charge in [-0.15, -0.1) is 0 Å². The summed E-state index contributed by atoms with van der Waals surface area (Å²) in [5.74, 6) is 5.35. The molecule has 0 radical (unpaired) electrons. The Morgan fingerprint density at radius 2 is 1.94 bits per heavy atom. The van der Waals surface area contributed by atoms with Crippen molar-refractivity contribution in [1.29, 1.82) is 0 Å². The standard InChI is InChI=1S/C24H18FN5O2/c25-21-11-9-19(15-17(21)8-10-20-16-27-22-7-4-13-28-29(20)22)24(18-5-2-1-3-6-18)12-14-32-30(24)23(26)31/h1-7,9,11,13,15-16H,12,14H2,(H2,26,31). The zero-order chi connectivity index (χ0) is 22.1. The van der Waals surface area contributed by atoms with E-state index in [0.29, 0.717) is 29.9 Å². The van der Waals surface area contributed by atoms with Gasteiger partial charge in [0, 0.05) is 12.6 Å². The van der Waals surface area contributed by atoms with E-state index in [4.69, 9.17) is 10.6 Å². The number of benzene rings is 2. The number of carbonyl (C=O) groups excluding carboxylic acids is 1. The Bertz CT molecular complexity index is 1380. The average Bonchev–Trinajstić information content (AvgIpc) is 3.45. The molecule has 0 spiro atoms. The first-order valence-electron chi connectivity index (χ1n) is 9.98. The summed E-state index contributed by atoms with van der Waals surface area (Å²) in [6.07, 6.45) is 3.68. The third-order valence-electron chi connectivity index (χ3n) is 5.53. The Labute approximate surface area is 183 Å². The summed E-state index contributed by atoms with van der Waals surface area (Å²) in [6.45, 7) is 0.295. The number of urea groups is 1. The van der Waals surface area contributed by atoms with Crippen LogP contribution in [-0.2, 0) is 10.4 Å². The van der Waals surface area contributed by atoms with Gasteiger partial charge in [0.1, 0.15) is 17.1 Å². The number of carbonyl (C=O) groups is 1. The number of nitrogens with zero attached hydrogens (tertiary/aromatic N) is 4. The summed E-state index contributed by atoms with van der Waals surface area (Å²) in [5.41, 5.74) is 7.48. The molecule has 1 aliphatic rings. The Hall–Kier alpha value is -4.22. The van der Waals surface area contributed by atoms with Gasteiger partial charge in [0.15, 0.2) is 5.65 Å². The molecule has 32 heavy (non-hydrogen) atoms. The minimum Gasteiger partial charge on any atom is -0.350 e. The molecule has 7 nitrogen and oxygen atoms in total. The van der Waals surface area contributed by atoms with E-state index in [1.54, 1.807) is 35.1 Å². The monoisotopic (exact) mass is 427 g/mol. The van der Waals surface area contributed by atoms with Crippen LogP contribution in [-0.4, -0.2) is 32.3 Å². The van der Waals surface area contributed by atoms with Crippen molar-refractivity contribution in [3.05, 3.63) is 101 Å². The van der Waals surface area contributed by atoms with Crippen molar-refractivity contribution in [3.8, 4) is 11.8 Å². The molecule has 4 aromatic rings. The first kappa shape index (κ1) is 19.7. The number of nitrogens with two attached hydrogens (primary N) is 1. The first-order valence-corrected chi connectivity index (χ1v) is 9.98. The maximum Gasteiger partial charge on any atom is 0.339 e. The quantitative estimate of drug-likeness (QED) is 0.498. The van der Waals surface area contributed by atoms with E-state index in [-0.39, 0.29) is 5.56 Å². The third kappa shape index (κ3) is 3.16. The van der Waals surface area contributed by atoms with E-state index in [2.05, 4.69) is 21.9 Å². The van der Waals surface area contributed by atoms with E-state index in [1.165, 1.54) is 11.1 Å². The topological polar surface area (TPSA) is 85.8 Å². The van der Waals surface area contributed by atoms with Gasteiger partial charge in [-0.1, -0.05) is 42.3 Å². The molecule has 3 heterocycles. The van der Waals surface area contributed by atoms with Gasteiger partial charge in [-0.05, 0) is 41.3 Å². The Morgan fingerprint density at radius 1 is 1.09 bits per heavy atom. The van der Waals surface area contributed by atoms with Crippen LogP contribution in [0.5, 0.6) is 0 Å². The summed E-state index contributed by atoms with van der Waals surface area (Å²) < 4.78 is 16.3. The van der Waals surface area contributed by atoms with Crippen LogP contribution in [0.15, 0.2) is 73.1 Å². The van der Waals surface area contributed by atoms with Gasteiger partial charge in [-0.3, -0.25) is 4.84 Å². The lowest BCUT2D eigenvalue weighted by Crippen LogP contribution is -2.47. The van der Waals surface area contributed by atoms with Crippen LogP contribution in [0.3, 0.4) is 0 Å². The van der Waals surface area contributed by atoms with Crippen molar-refractivity contribution < 1.29 is 14.0 Å². The van der Waals surface area contributed by atoms with Crippen molar-refractivity contribution in [2.24, 2.45) is 5.73 Å². The molecule has 2 N–H and O–H groups in total. The molecule has 2 amide bonds. The zero-order valence-corrected chi connectivity index (χ0v) is 16.9. The fraction of sp³-hybridized carbons (Fsp3) is 0.125. The zero-order valence-electron chi connectivity index (χ0n) is 16.9. The predicted octanol–water partition coefficient (Wildman–Crippen LogP) is 3.23. The number of hydrogen-bond donors (Lipinski definition) is 1. The second-order valence-electron chi connectivity index (χ2n) is 7.32. The molecule has 1 fully saturated rings. The summed E-state index contributed by atoms with van der Waals surface area (Å²) in [4.78, 5) is 22.1. The van der Waals surface area contributed by atoms with E-state index < -0.39 is 17.4 Å². The van der Waals surface area contributed by atoms with Gasteiger partial charge >= 0.3 is 6.03 Å². The van der Waals surface area contributed by atoms with Crippen LogP contribution >= 0.6 is 0 Å². The second kappa shape index (κ2) is 7.80. The lowest BCUT2D eigenvalue weighted by molar-refractivity contribution is -0.107. The number of hydrogen-bond acceptors (Lipinski definition) is 4. The molecule has 0 aliphatic carbocycles. The van der Waals surface area contributed by atoms with Crippen LogP contribution < -0.4 is 5.73 Å². The van der Waals surface area contributed by atoms with E-state index in [9.17, 15) is 9.18 Å². The maximum atomic E-state index is 14.7. The predicted molar refractivity (Wildman–Crippen MR) is 115 cm³/mol. The minimum absolute atomic E-state index is 0.181. The number of rotatable bonds is 2. The summed E-state index contributed by atoms with van der Waals surface area (Å²) in [5, 5.41) is 5.39. The third-order valence-corrected chi connectivity index (χ3v) is 5.53. The lowest BCUT2D eigenvalue weighted by atomic mass is 9.80. The maximum absolute atomic E-state index is 14.7. The van der Waals surface area contributed by atoms with Gasteiger partial charge in [-0.2, -0.15) is 10.2 Å². The molecule has 1 atom stereocenters. The fourth-order valence-corrected chi connectivity index (χ4v) is 4.08. The molecular formula is C24H18FN5O2. The van der Waals surface area contributed by atoms with Crippen molar-refractivity contribution in [3.63, 3.8) is 0 Å². The smallest absolute Gasteiger partial charge is 0.339 e. The molecule has 5 rings (SSSR count). The molecule has 2 aromatic carbocycles. The van der Waals surface area contributed by atoms with Crippen molar-refractivity contribution in [2.75, 3.05) is 6.61 Å². The highest BCUT2D eigenvalue weighted by Crippen LogP contribution is 2.43. The number of primary amides is 1. The van der Waals surface area contributed by atoms with Crippen molar-refractivity contribution >= 4 is 11.7 Å². The fourth-order valence-electron chi connectivity index (χ4n) is 4.08. The number of halogens is 1. The van der Waals surface area contributed by atoms with Crippen LogP contribution in [0, 0.1) is 17.7 Å². The molecule has 8 heteroatoms. The van der Waals surface area contributed by atoms with E-state index in [1.807, 2.05) is 36.4 Å². The SMILES string of the molecule is NC(=O)N1OCCC1(c1ccccc1)c1ccc(F)c(C#Cc2cnc3cccnn23)c1. The summed E-state index contributed by atoms with van der Waals surface area (Å²) >= 11 is 0. The number of aromatic nitrogens is 3. The average molecular weight is 427 g/mol. The van der Waals surface area contributed by atoms with Gasteiger partial charge in [0.05, 0.1) is 18.4 Å². The van der Waals surface area contributed by atoms with Crippen molar-refractivity contribution in [1.82, 2.24) is 19.7 Å². The summed E-state index contributed by atoms with van der Waals surface area (Å²) in [7, 11) is 0. The molecule has 0 saturated carbocycles. The Balaban J connectivity index is 1.63. The molecule has 0 bridgehead atoms. The molecule has 1 unspecified atom stereocenters. The van der Waals surface area contributed by atoms with Gasteiger partial charge in [-0.25, -0.2) is 18.7 Å². The van der Waals surface area contributed by atoms with Gasteiger partial charge < -0.3 is 5.73 Å². The highest BCUT2D eigenvalue weighted by Gasteiger charge is 2.48.